The summed E-state index contributed by atoms with van der Waals surface area (Å²) in [4.78, 5) is 35.1. The Balaban J connectivity index is 2.92. The van der Waals surface area contributed by atoms with E-state index in [2.05, 4.69) is 10.6 Å². The molecule has 7 nitrogen and oxygen atoms in total. The van der Waals surface area contributed by atoms with Crippen molar-refractivity contribution in [3.63, 3.8) is 0 Å². The van der Waals surface area contributed by atoms with E-state index < -0.39 is 48.2 Å². The van der Waals surface area contributed by atoms with Gasteiger partial charge in [-0.3, -0.25) is 14.4 Å². The summed E-state index contributed by atoms with van der Waals surface area (Å²) in [6.45, 7) is 3.49. The largest absolute Gasteiger partial charge is 0.416 e. The molecule has 0 saturated heterocycles. The van der Waals surface area contributed by atoms with Crippen LogP contribution in [0.5, 0.6) is 0 Å². The topological polar surface area (TPSA) is 100 Å². The zero-order chi connectivity index (χ0) is 19.4. The molecular formula is C15H20F3N3O4. The maximum Gasteiger partial charge on any atom is 0.416 e. The van der Waals surface area contributed by atoms with Crippen LogP contribution in [-0.4, -0.2) is 39.8 Å². The Morgan fingerprint density at radius 2 is 1.92 bits per heavy atom. The van der Waals surface area contributed by atoms with E-state index in [-0.39, 0.29) is 5.69 Å². The third kappa shape index (κ3) is 5.89. The van der Waals surface area contributed by atoms with Crippen LogP contribution in [-0.2, 0) is 16.1 Å². The standard InChI is InChI=1S/C15H20F3N3O4/c1-8(2)12(13(24)15(16,17)18)20-11(23)7-21-6-4-5-10(14(21)25)19-9(3)22/h4-6,8,12-13,24H,7H2,1-3H3,(H,19,22)(H,20,23). The van der Waals surface area contributed by atoms with Crippen molar-refractivity contribution in [3.05, 3.63) is 28.7 Å². The number of nitrogens with one attached hydrogen (secondary N) is 2. The Morgan fingerprint density at radius 3 is 2.40 bits per heavy atom. The second-order valence-corrected chi connectivity index (χ2v) is 5.86. The van der Waals surface area contributed by atoms with Crippen molar-refractivity contribution >= 4 is 17.5 Å². The average molecular weight is 363 g/mol. The lowest BCUT2D eigenvalue weighted by atomic mass is 9.98. The number of halogens is 3. The minimum atomic E-state index is -4.88. The molecular weight excluding hydrogens is 343 g/mol. The molecule has 1 rings (SSSR count). The molecule has 0 spiro atoms. The first kappa shape index (κ1) is 20.7. The van der Waals surface area contributed by atoms with Crippen LogP contribution in [0.4, 0.5) is 18.9 Å². The van der Waals surface area contributed by atoms with Crippen molar-refractivity contribution in [3.8, 4) is 0 Å². The van der Waals surface area contributed by atoms with Gasteiger partial charge in [-0.2, -0.15) is 13.2 Å². The molecule has 0 fully saturated rings. The number of nitrogens with zero attached hydrogens (tertiary/aromatic N) is 1. The van der Waals surface area contributed by atoms with Crippen molar-refractivity contribution in [2.45, 2.75) is 45.6 Å². The summed E-state index contributed by atoms with van der Waals surface area (Å²) in [6.07, 6.45) is -6.35. The Bertz CT molecular complexity index is 685. The van der Waals surface area contributed by atoms with Gasteiger partial charge in [0.25, 0.3) is 5.56 Å². The Morgan fingerprint density at radius 1 is 1.32 bits per heavy atom. The van der Waals surface area contributed by atoms with E-state index in [1.54, 1.807) is 0 Å². The molecule has 0 aliphatic rings. The Kier molecular flexibility index (Phi) is 6.74. The van der Waals surface area contributed by atoms with Crippen LogP contribution in [0.2, 0.25) is 0 Å². The van der Waals surface area contributed by atoms with Gasteiger partial charge in [0.2, 0.25) is 11.8 Å². The van der Waals surface area contributed by atoms with E-state index in [0.717, 1.165) is 4.57 Å². The second kappa shape index (κ2) is 8.15. The summed E-state index contributed by atoms with van der Waals surface area (Å²) in [6, 6.07) is 1.19. The molecule has 0 aliphatic carbocycles. The average Bonchev–Trinajstić information content (AvgIpc) is 2.46. The highest BCUT2D eigenvalue weighted by Crippen LogP contribution is 2.25. The molecule has 0 aliphatic heterocycles. The van der Waals surface area contributed by atoms with Crippen molar-refractivity contribution < 1.29 is 27.9 Å². The van der Waals surface area contributed by atoms with E-state index >= 15 is 0 Å². The SMILES string of the molecule is CC(=O)Nc1cccn(CC(=O)NC(C(C)C)C(O)C(F)(F)F)c1=O. The monoisotopic (exact) mass is 363 g/mol. The molecule has 0 radical (unpaired) electrons. The predicted octanol–water partition coefficient (Wildman–Crippen LogP) is 0.871. The van der Waals surface area contributed by atoms with Crippen LogP contribution in [0.3, 0.4) is 0 Å². The van der Waals surface area contributed by atoms with Crippen LogP contribution in [0.25, 0.3) is 0 Å². The van der Waals surface area contributed by atoms with Crippen LogP contribution >= 0.6 is 0 Å². The number of hydrogen-bond donors (Lipinski definition) is 3. The number of pyridine rings is 1. The van der Waals surface area contributed by atoms with Gasteiger partial charge in [0.1, 0.15) is 12.2 Å². The van der Waals surface area contributed by atoms with E-state index in [0.29, 0.717) is 0 Å². The lowest BCUT2D eigenvalue weighted by Crippen LogP contribution is -2.53. The first-order valence-electron chi connectivity index (χ1n) is 7.44. The number of amides is 2. The minimum Gasteiger partial charge on any atom is -0.382 e. The smallest absolute Gasteiger partial charge is 0.382 e. The molecule has 10 heteroatoms. The van der Waals surface area contributed by atoms with Crippen LogP contribution in [0.15, 0.2) is 23.1 Å². The molecule has 0 bridgehead atoms. The van der Waals surface area contributed by atoms with E-state index in [1.807, 2.05) is 0 Å². The van der Waals surface area contributed by atoms with E-state index in [4.69, 9.17) is 0 Å². The molecule has 2 amide bonds. The van der Waals surface area contributed by atoms with Gasteiger partial charge in [-0.15, -0.1) is 0 Å². The fourth-order valence-corrected chi connectivity index (χ4v) is 2.15. The number of aliphatic hydroxyl groups excluding tert-OH is 1. The molecule has 1 aromatic rings. The number of aromatic nitrogens is 1. The zero-order valence-electron chi connectivity index (χ0n) is 13.9. The third-order valence-electron chi connectivity index (χ3n) is 3.37. The third-order valence-corrected chi connectivity index (χ3v) is 3.37. The van der Waals surface area contributed by atoms with Gasteiger partial charge in [0, 0.05) is 13.1 Å². The van der Waals surface area contributed by atoms with Gasteiger partial charge < -0.3 is 20.3 Å². The molecule has 3 N–H and O–H groups in total. The maximum atomic E-state index is 12.7. The molecule has 2 unspecified atom stereocenters. The van der Waals surface area contributed by atoms with Crippen molar-refractivity contribution in [1.29, 1.82) is 0 Å². The number of rotatable bonds is 6. The van der Waals surface area contributed by atoms with Gasteiger partial charge >= 0.3 is 6.18 Å². The lowest BCUT2D eigenvalue weighted by Gasteiger charge is -2.28. The lowest BCUT2D eigenvalue weighted by molar-refractivity contribution is -0.215. The number of aliphatic hydroxyl groups is 1. The highest BCUT2D eigenvalue weighted by Gasteiger charge is 2.45. The number of carbonyl (C=O) groups excluding carboxylic acids is 2. The Labute approximate surface area is 141 Å². The van der Waals surface area contributed by atoms with Crippen molar-refractivity contribution in [2.75, 3.05) is 5.32 Å². The molecule has 2 atom stereocenters. The normalized spacial score (nSPS) is 14.1. The highest BCUT2D eigenvalue weighted by molar-refractivity contribution is 5.88. The van der Waals surface area contributed by atoms with E-state index in [1.165, 1.54) is 39.1 Å². The highest BCUT2D eigenvalue weighted by atomic mass is 19.4. The number of hydrogen-bond acceptors (Lipinski definition) is 4. The minimum absolute atomic E-state index is 0.0569. The van der Waals surface area contributed by atoms with Crippen LogP contribution in [0.1, 0.15) is 20.8 Å². The summed E-state index contributed by atoms with van der Waals surface area (Å²) < 4.78 is 39.0. The molecule has 0 aromatic carbocycles. The quantitative estimate of drug-likeness (QED) is 0.698. The van der Waals surface area contributed by atoms with Gasteiger partial charge in [0.15, 0.2) is 6.10 Å². The predicted molar refractivity (Wildman–Crippen MR) is 83.8 cm³/mol. The molecule has 1 aromatic heterocycles. The zero-order valence-corrected chi connectivity index (χ0v) is 13.9. The van der Waals surface area contributed by atoms with Gasteiger partial charge in [0.05, 0.1) is 6.04 Å². The number of alkyl halides is 3. The molecule has 140 valence electrons. The van der Waals surface area contributed by atoms with Crippen molar-refractivity contribution in [2.24, 2.45) is 5.92 Å². The van der Waals surface area contributed by atoms with Gasteiger partial charge in [-0.25, -0.2) is 0 Å². The van der Waals surface area contributed by atoms with Crippen LogP contribution < -0.4 is 16.2 Å². The summed E-state index contributed by atoms with van der Waals surface area (Å²) in [7, 11) is 0. The van der Waals surface area contributed by atoms with Crippen LogP contribution in [0, 0.1) is 5.92 Å². The first-order chi connectivity index (χ1) is 11.4. The summed E-state index contributed by atoms with van der Waals surface area (Å²) >= 11 is 0. The Hall–Kier alpha value is -2.36. The fraction of sp³-hybridized carbons (Fsp3) is 0.533. The summed E-state index contributed by atoms with van der Waals surface area (Å²) in [5.41, 5.74) is -0.733. The fourth-order valence-electron chi connectivity index (χ4n) is 2.15. The molecule has 0 saturated carbocycles. The number of anilines is 1. The number of carbonyl (C=O) groups is 2. The van der Waals surface area contributed by atoms with Gasteiger partial charge in [-0.05, 0) is 18.1 Å². The van der Waals surface area contributed by atoms with Gasteiger partial charge in [-0.1, -0.05) is 13.8 Å². The molecule has 25 heavy (non-hydrogen) atoms. The van der Waals surface area contributed by atoms with Crippen molar-refractivity contribution in [1.82, 2.24) is 9.88 Å². The second-order valence-electron chi connectivity index (χ2n) is 5.86. The van der Waals surface area contributed by atoms with E-state index in [9.17, 15) is 32.7 Å². The molecule has 1 heterocycles. The first-order valence-corrected chi connectivity index (χ1v) is 7.44. The summed E-state index contributed by atoms with van der Waals surface area (Å²) in [5.74, 6) is -2.04. The maximum absolute atomic E-state index is 12.7. The summed E-state index contributed by atoms with van der Waals surface area (Å²) in [5, 5.41) is 13.8.